The molecule has 16 heavy (non-hydrogen) atoms. The Morgan fingerprint density at radius 2 is 2.06 bits per heavy atom. The average molecular weight is 225 g/mol. The lowest BCUT2D eigenvalue weighted by molar-refractivity contribution is -0.154. The van der Waals surface area contributed by atoms with Crippen LogP contribution in [0.4, 0.5) is 8.78 Å². The number of nitriles is 1. The van der Waals surface area contributed by atoms with E-state index in [1.807, 2.05) is 0 Å². The van der Waals surface area contributed by atoms with Crippen LogP contribution in [0.3, 0.4) is 0 Å². The minimum atomic E-state index is -2.89. The Hall–Kier alpha value is -1.96. The van der Waals surface area contributed by atoms with Crippen molar-refractivity contribution in [1.29, 1.82) is 5.26 Å². The van der Waals surface area contributed by atoms with Gasteiger partial charge in [-0.2, -0.15) is 5.26 Å². The van der Waals surface area contributed by atoms with Crippen LogP contribution in [0.25, 0.3) is 0 Å². The Morgan fingerprint density at radius 3 is 2.50 bits per heavy atom. The summed E-state index contributed by atoms with van der Waals surface area (Å²) < 4.78 is 31.1. The highest BCUT2D eigenvalue weighted by Crippen LogP contribution is 2.27. The monoisotopic (exact) mass is 225 g/mol. The van der Waals surface area contributed by atoms with E-state index >= 15 is 0 Å². The lowest BCUT2D eigenvalue weighted by atomic mass is 9.97. The lowest BCUT2D eigenvalue weighted by Gasteiger charge is -2.15. The molecule has 0 spiro atoms. The lowest BCUT2D eigenvalue weighted by Crippen LogP contribution is -2.31. The van der Waals surface area contributed by atoms with E-state index in [-0.39, 0.29) is 12.2 Å². The van der Waals surface area contributed by atoms with Gasteiger partial charge in [-0.3, -0.25) is 0 Å². The van der Waals surface area contributed by atoms with Gasteiger partial charge in [0.25, 0.3) is 0 Å². The second-order valence-electron chi connectivity index (χ2n) is 3.00. The molecule has 0 radical (unpaired) electrons. The van der Waals surface area contributed by atoms with Gasteiger partial charge in [0.05, 0.1) is 6.61 Å². The highest BCUT2D eigenvalue weighted by molar-refractivity contribution is 5.84. The first kappa shape index (κ1) is 12.1. The first-order valence-corrected chi connectivity index (χ1v) is 4.58. The fraction of sp³-hybridized carbons (Fsp3) is 0.273. The maximum atomic E-state index is 14.0. The molecule has 3 nitrogen and oxygen atoms in total. The van der Waals surface area contributed by atoms with E-state index in [2.05, 4.69) is 4.74 Å². The predicted molar refractivity (Wildman–Crippen MR) is 51.4 cm³/mol. The van der Waals surface area contributed by atoms with E-state index in [1.165, 1.54) is 13.0 Å². The molecule has 0 heterocycles. The molecule has 0 saturated carbocycles. The molecule has 0 N–H and O–H groups in total. The van der Waals surface area contributed by atoms with Gasteiger partial charge in [-0.05, 0) is 19.1 Å². The van der Waals surface area contributed by atoms with E-state index in [9.17, 15) is 13.6 Å². The van der Waals surface area contributed by atoms with Crippen LogP contribution in [-0.2, 0) is 15.2 Å². The zero-order valence-corrected chi connectivity index (χ0v) is 8.54. The van der Waals surface area contributed by atoms with Crippen LogP contribution in [0, 0.1) is 17.1 Å². The zero-order chi connectivity index (χ0) is 12.2. The summed E-state index contributed by atoms with van der Waals surface area (Å²) in [4.78, 5) is 11.3. The Labute approximate surface area is 91.3 Å². The van der Waals surface area contributed by atoms with E-state index in [1.54, 1.807) is 0 Å². The number of ether oxygens (including phenoxy) is 1. The third-order valence-electron chi connectivity index (χ3n) is 1.95. The number of esters is 1. The number of carbonyl (C=O) groups excluding carboxylic acids is 1. The third-order valence-corrected chi connectivity index (χ3v) is 1.95. The molecular formula is C11H9F2NO2. The smallest absolute Gasteiger partial charge is 0.363 e. The van der Waals surface area contributed by atoms with Crippen molar-refractivity contribution < 1.29 is 18.3 Å². The summed E-state index contributed by atoms with van der Waals surface area (Å²) in [6.45, 7) is 1.47. The van der Waals surface area contributed by atoms with Gasteiger partial charge in [-0.25, -0.2) is 13.6 Å². The van der Waals surface area contributed by atoms with Gasteiger partial charge < -0.3 is 4.74 Å². The average Bonchev–Trinajstić information content (AvgIpc) is 2.29. The fourth-order valence-corrected chi connectivity index (χ4v) is 1.14. The van der Waals surface area contributed by atoms with E-state index in [0.29, 0.717) is 0 Å². The molecule has 0 fully saturated rings. The Balaban J connectivity index is 3.10. The minimum absolute atomic E-state index is 0.0343. The third kappa shape index (κ3) is 2.16. The quantitative estimate of drug-likeness (QED) is 0.740. The molecule has 0 aliphatic heterocycles. The predicted octanol–water partition coefficient (Wildman–Crippen LogP) is 2.08. The topological polar surface area (TPSA) is 50.1 Å². The van der Waals surface area contributed by atoms with Crippen molar-refractivity contribution in [1.82, 2.24) is 0 Å². The number of hydrogen-bond donors (Lipinski definition) is 0. The van der Waals surface area contributed by atoms with Gasteiger partial charge in [0.15, 0.2) is 0 Å². The SMILES string of the molecule is CCOC(=O)C(F)(C#N)c1ccc(F)cc1. The number of hydrogen-bond acceptors (Lipinski definition) is 3. The number of rotatable bonds is 3. The van der Waals surface area contributed by atoms with E-state index in [0.717, 1.165) is 24.3 Å². The van der Waals surface area contributed by atoms with E-state index < -0.39 is 17.5 Å². The summed E-state index contributed by atoms with van der Waals surface area (Å²) in [7, 11) is 0. The van der Waals surface area contributed by atoms with Crippen LogP contribution in [0.15, 0.2) is 24.3 Å². The van der Waals surface area contributed by atoms with Crippen molar-refractivity contribution in [3.8, 4) is 6.07 Å². The molecule has 0 saturated heterocycles. The molecule has 5 heteroatoms. The maximum absolute atomic E-state index is 14.0. The largest absolute Gasteiger partial charge is 0.463 e. The second-order valence-corrected chi connectivity index (χ2v) is 3.00. The number of halogens is 2. The molecule has 0 amide bonds. The molecule has 1 aromatic carbocycles. The van der Waals surface area contributed by atoms with Crippen LogP contribution in [0.2, 0.25) is 0 Å². The molecule has 1 rings (SSSR count). The molecule has 0 aliphatic rings. The van der Waals surface area contributed by atoms with Crippen molar-refractivity contribution in [3.63, 3.8) is 0 Å². The highest BCUT2D eigenvalue weighted by Gasteiger charge is 2.42. The summed E-state index contributed by atoms with van der Waals surface area (Å²) in [5.74, 6) is -1.86. The Morgan fingerprint density at radius 1 is 1.50 bits per heavy atom. The molecular weight excluding hydrogens is 216 g/mol. The van der Waals surface area contributed by atoms with Gasteiger partial charge in [0.1, 0.15) is 11.9 Å². The van der Waals surface area contributed by atoms with Crippen molar-refractivity contribution in [2.45, 2.75) is 12.6 Å². The summed E-state index contributed by atoms with van der Waals surface area (Å²) in [5, 5.41) is 8.69. The highest BCUT2D eigenvalue weighted by atomic mass is 19.1. The number of benzene rings is 1. The number of carbonyl (C=O) groups is 1. The summed E-state index contributed by atoms with van der Waals surface area (Å²) >= 11 is 0. The van der Waals surface area contributed by atoms with Crippen LogP contribution in [-0.4, -0.2) is 12.6 Å². The van der Waals surface area contributed by atoms with Crippen LogP contribution >= 0.6 is 0 Å². The molecule has 0 aromatic heterocycles. The van der Waals surface area contributed by atoms with Gasteiger partial charge in [0.2, 0.25) is 0 Å². The van der Waals surface area contributed by atoms with Crippen molar-refractivity contribution in [2.24, 2.45) is 0 Å². The molecule has 0 aliphatic carbocycles. The molecule has 1 aromatic rings. The van der Waals surface area contributed by atoms with Gasteiger partial charge >= 0.3 is 11.6 Å². The molecule has 0 bridgehead atoms. The Kier molecular flexibility index (Phi) is 3.56. The van der Waals surface area contributed by atoms with Crippen molar-refractivity contribution in [2.75, 3.05) is 6.61 Å². The van der Waals surface area contributed by atoms with Gasteiger partial charge in [-0.15, -0.1) is 0 Å². The van der Waals surface area contributed by atoms with Gasteiger partial charge in [-0.1, -0.05) is 12.1 Å². The maximum Gasteiger partial charge on any atom is 0.363 e. The first-order chi connectivity index (χ1) is 7.54. The van der Waals surface area contributed by atoms with Crippen LogP contribution in [0.1, 0.15) is 12.5 Å². The summed E-state index contributed by atoms with van der Waals surface area (Å²) in [5.41, 5.74) is -3.13. The molecule has 84 valence electrons. The standard InChI is InChI=1S/C11H9F2NO2/c1-2-16-10(15)11(13,7-14)8-3-5-9(12)6-4-8/h3-6H,2H2,1H3. The van der Waals surface area contributed by atoms with Crippen molar-refractivity contribution >= 4 is 5.97 Å². The van der Waals surface area contributed by atoms with Crippen molar-refractivity contribution in [3.05, 3.63) is 35.6 Å². The molecule has 1 unspecified atom stereocenters. The number of nitrogens with zero attached hydrogens (tertiary/aromatic N) is 1. The number of alkyl halides is 1. The summed E-state index contributed by atoms with van der Waals surface area (Å²) in [6.07, 6.45) is 0. The second kappa shape index (κ2) is 4.71. The minimum Gasteiger partial charge on any atom is -0.463 e. The first-order valence-electron chi connectivity index (χ1n) is 4.58. The molecule has 1 atom stereocenters. The van der Waals surface area contributed by atoms with Gasteiger partial charge in [0, 0.05) is 5.56 Å². The fourth-order valence-electron chi connectivity index (χ4n) is 1.14. The normalized spacial score (nSPS) is 13.6. The Bertz CT molecular complexity index is 425. The zero-order valence-electron chi connectivity index (χ0n) is 8.54. The van der Waals surface area contributed by atoms with Crippen LogP contribution < -0.4 is 0 Å². The summed E-state index contributed by atoms with van der Waals surface area (Å²) in [6, 6.07) is 5.25. The van der Waals surface area contributed by atoms with Crippen LogP contribution in [0.5, 0.6) is 0 Å². The van der Waals surface area contributed by atoms with E-state index in [4.69, 9.17) is 5.26 Å².